The molecule has 3 heterocycles. The van der Waals surface area contributed by atoms with Crippen LogP contribution in [0.25, 0.3) is 0 Å². The second kappa shape index (κ2) is 7.59. The number of amides is 1. The predicted molar refractivity (Wildman–Crippen MR) is 87.4 cm³/mol. The molecule has 0 aliphatic carbocycles. The zero-order valence-corrected chi connectivity index (χ0v) is 14.3. The summed E-state index contributed by atoms with van der Waals surface area (Å²) >= 11 is 0. The molecule has 2 bridgehead atoms. The Morgan fingerprint density at radius 1 is 0.952 bits per heavy atom. The number of rotatable bonds is 1. The summed E-state index contributed by atoms with van der Waals surface area (Å²) in [5.74, 6) is 0.242. The van der Waals surface area contributed by atoms with Gasteiger partial charge in [0, 0.05) is 51.2 Å². The van der Waals surface area contributed by atoms with Crippen LogP contribution in [0.15, 0.2) is 0 Å². The minimum Gasteiger partial charge on any atom is -0.343 e. The number of carbonyl (C=O) groups excluding carboxylic acids is 1. The van der Waals surface area contributed by atoms with E-state index >= 15 is 0 Å². The molecule has 21 heavy (non-hydrogen) atoms. The van der Waals surface area contributed by atoms with Crippen LogP contribution in [0.4, 0.5) is 0 Å². The SMILES string of the molecule is CC(=O)N1CCC(N2CC3CCC(C2)N3C)CC1.CCC. The highest BCUT2D eigenvalue weighted by Crippen LogP contribution is 2.31. The maximum absolute atomic E-state index is 11.3. The molecule has 0 saturated carbocycles. The summed E-state index contributed by atoms with van der Waals surface area (Å²) < 4.78 is 0. The molecule has 2 unspecified atom stereocenters. The monoisotopic (exact) mass is 295 g/mol. The molecule has 4 nitrogen and oxygen atoms in total. The van der Waals surface area contributed by atoms with Crippen LogP contribution in [0.3, 0.4) is 0 Å². The van der Waals surface area contributed by atoms with Gasteiger partial charge < -0.3 is 4.90 Å². The lowest BCUT2D eigenvalue weighted by Gasteiger charge is -2.45. The minimum atomic E-state index is 0.242. The summed E-state index contributed by atoms with van der Waals surface area (Å²) in [6.07, 6.45) is 6.35. The quantitative estimate of drug-likeness (QED) is 0.742. The molecule has 0 spiro atoms. The molecule has 3 fully saturated rings. The van der Waals surface area contributed by atoms with Crippen molar-refractivity contribution in [3.63, 3.8) is 0 Å². The first-order chi connectivity index (χ1) is 10.1. The molecule has 0 N–H and O–H groups in total. The number of hydrogen-bond acceptors (Lipinski definition) is 3. The molecule has 122 valence electrons. The van der Waals surface area contributed by atoms with Gasteiger partial charge in [0.25, 0.3) is 0 Å². The molecule has 3 rings (SSSR count). The molecule has 0 aromatic heterocycles. The van der Waals surface area contributed by atoms with Crippen LogP contribution in [0.2, 0.25) is 0 Å². The molecular formula is C17H33N3O. The molecule has 3 aliphatic rings. The molecule has 3 aliphatic heterocycles. The third-order valence-electron chi connectivity index (χ3n) is 5.30. The average Bonchev–Trinajstić information content (AvgIpc) is 2.69. The van der Waals surface area contributed by atoms with Crippen molar-refractivity contribution in [2.45, 2.75) is 71.0 Å². The van der Waals surface area contributed by atoms with Crippen LogP contribution in [0, 0.1) is 0 Å². The first-order valence-electron chi connectivity index (χ1n) is 8.78. The Labute approximate surface area is 130 Å². The Kier molecular flexibility index (Phi) is 6.06. The highest BCUT2D eigenvalue weighted by Gasteiger charge is 2.40. The first-order valence-corrected chi connectivity index (χ1v) is 8.78. The number of nitrogens with zero attached hydrogens (tertiary/aromatic N) is 3. The lowest BCUT2D eigenvalue weighted by atomic mass is 10.0. The van der Waals surface area contributed by atoms with Gasteiger partial charge in [0.05, 0.1) is 0 Å². The van der Waals surface area contributed by atoms with Crippen molar-refractivity contribution in [2.24, 2.45) is 0 Å². The van der Waals surface area contributed by atoms with E-state index in [1.54, 1.807) is 6.92 Å². The van der Waals surface area contributed by atoms with Crippen molar-refractivity contribution in [2.75, 3.05) is 33.2 Å². The average molecular weight is 295 g/mol. The summed E-state index contributed by atoms with van der Waals surface area (Å²) in [6, 6.07) is 2.29. The Bertz CT molecular complexity index is 325. The van der Waals surface area contributed by atoms with E-state index in [2.05, 4.69) is 30.7 Å². The number of fused-ring (bicyclic) bond motifs is 2. The van der Waals surface area contributed by atoms with E-state index in [4.69, 9.17) is 0 Å². The molecular weight excluding hydrogens is 262 g/mol. The lowest BCUT2D eigenvalue weighted by Crippen LogP contribution is -2.57. The van der Waals surface area contributed by atoms with Crippen molar-refractivity contribution >= 4 is 5.91 Å². The smallest absolute Gasteiger partial charge is 0.219 e. The van der Waals surface area contributed by atoms with Gasteiger partial charge in [-0.25, -0.2) is 0 Å². The van der Waals surface area contributed by atoms with E-state index in [0.29, 0.717) is 0 Å². The molecule has 4 heteroatoms. The predicted octanol–water partition coefficient (Wildman–Crippen LogP) is 2.19. The van der Waals surface area contributed by atoms with Crippen molar-refractivity contribution in [3.05, 3.63) is 0 Å². The number of carbonyl (C=O) groups is 1. The molecule has 1 amide bonds. The highest BCUT2D eigenvalue weighted by molar-refractivity contribution is 5.73. The van der Waals surface area contributed by atoms with Gasteiger partial charge in [-0.1, -0.05) is 20.3 Å². The largest absolute Gasteiger partial charge is 0.343 e. The Hall–Kier alpha value is -0.610. The van der Waals surface area contributed by atoms with Crippen molar-refractivity contribution < 1.29 is 4.79 Å². The number of hydrogen-bond donors (Lipinski definition) is 0. The molecule has 0 radical (unpaired) electrons. The van der Waals surface area contributed by atoms with Crippen molar-refractivity contribution in [3.8, 4) is 0 Å². The third kappa shape index (κ3) is 3.98. The van der Waals surface area contributed by atoms with Crippen LogP contribution >= 0.6 is 0 Å². The number of piperazine rings is 1. The standard InChI is InChI=1S/C14H25N3O.C3H8/c1-11(18)16-7-5-12(6-8-16)17-9-13-3-4-14(10-17)15(13)2;1-3-2/h12-14H,3-10H2,1-2H3;3H2,1-2H3. The van der Waals surface area contributed by atoms with E-state index in [1.165, 1.54) is 45.2 Å². The van der Waals surface area contributed by atoms with Crippen LogP contribution in [-0.2, 0) is 4.79 Å². The zero-order chi connectivity index (χ0) is 15.4. The fourth-order valence-electron chi connectivity index (χ4n) is 3.99. The van der Waals surface area contributed by atoms with Gasteiger partial charge in [0.1, 0.15) is 0 Å². The zero-order valence-electron chi connectivity index (χ0n) is 14.3. The number of likely N-dealkylation sites (tertiary alicyclic amines) is 2. The molecule has 0 aromatic carbocycles. The second-order valence-corrected chi connectivity index (χ2v) is 6.95. The van der Waals surface area contributed by atoms with Gasteiger partial charge in [-0.2, -0.15) is 0 Å². The van der Waals surface area contributed by atoms with Gasteiger partial charge in [-0.05, 0) is 32.7 Å². The van der Waals surface area contributed by atoms with E-state index < -0.39 is 0 Å². The van der Waals surface area contributed by atoms with Gasteiger partial charge in [-0.15, -0.1) is 0 Å². The van der Waals surface area contributed by atoms with Crippen LogP contribution < -0.4 is 0 Å². The fourth-order valence-corrected chi connectivity index (χ4v) is 3.99. The van der Waals surface area contributed by atoms with E-state index in [9.17, 15) is 4.79 Å². The molecule has 3 saturated heterocycles. The highest BCUT2D eigenvalue weighted by atomic mass is 16.2. The summed E-state index contributed by atoms with van der Waals surface area (Å²) in [4.78, 5) is 18.6. The summed E-state index contributed by atoms with van der Waals surface area (Å²) in [5.41, 5.74) is 0. The van der Waals surface area contributed by atoms with Crippen molar-refractivity contribution in [1.82, 2.24) is 14.7 Å². The summed E-state index contributed by atoms with van der Waals surface area (Å²) in [5, 5.41) is 0. The Morgan fingerprint density at radius 3 is 1.86 bits per heavy atom. The Morgan fingerprint density at radius 2 is 1.43 bits per heavy atom. The normalized spacial score (nSPS) is 31.0. The number of likely N-dealkylation sites (N-methyl/N-ethyl adjacent to an activating group) is 1. The maximum Gasteiger partial charge on any atom is 0.219 e. The van der Waals surface area contributed by atoms with Crippen LogP contribution in [-0.4, -0.2) is 72.0 Å². The topological polar surface area (TPSA) is 26.8 Å². The summed E-state index contributed by atoms with van der Waals surface area (Å²) in [6.45, 7) is 10.4. The maximum atomic E-state index is 11.3. The van der Waals surface area contributed by atoms with Gasteiger partial charge >= 0.3 is 0 Å². The lowest BCUT2D eigenvalue weighted by molar-refractivity contribution is -0.130. The van der Waals surface area contributed by atoms with E-state index in [1.807, 2.05) is 4.90 Å². The van der Waals surface area contributed by atoms with E-state index in [0.717, 1.165) is 31.2 Å². The van der Waals surface area contributed by atoms with Crippen LogP contribution in [0.1, 0.15) is 52.9 Å². The number of piperidine rings is 1. The van der Waals surface area contributed by atoms with Gasteiger partial charge in [0.15, 0.2) is 0 Å². The second-order valence-electron chi connectivity index (χ2n) is 6.95. The fraction of sp³-hybridized carbons (Fsp3) is 0.941. The summed E-state index contributed by atoms with van der Waals surface area (Å²) in [7, 11) is 2.29. The first kappa shape index (κ1) is 16.8. The van der Waals surface area contributed by atoms with E-state index in [-0.39, 0.29) is 5.91 Å². The van der Waals surface area contributed by atoms with Gasteiger partial charge in [0.2, 0.25) is 5.91 Å². The Balaban J connectivity index is 0.000000497. The molecule has 0 aromatic rings. The van der Waals surface area contributed by atoms with Gasteiger partial charge in [-0.3, -0.25) is 14.6 Å². The molecule has 2 atom stereocenters. The van der Waals surface area contributed by atoms with Crippen LogP contribution in [0.5, 0.6) is 0 Å². The minimum absolute atomic E-state index is 0.242. The van der Waals surface area contributed by atoms with Crippen molar-refractivity contribution in [1.29, 1.82) is 0 Å². The third-order valence-corrected chi connectivity index (χ3v) is 5.30.